The summed E-state index contributed by atoms with van der Waals surface area (Å²) in [6, 6.07) is 15.3. The molecule has 0 bridgehead atoms. The van der Waals surface area contributed by atoms with Crippen LogP contribution in [0, 0.1) is 0 Å². The number of nitrogens with one attached hydrogen (secondary N) is 1. The normalized spacial score (nSPS) is 14.6. The fourth-order valence-electron chi connectivity index (χ4n) is 5.18. The highest BCUT2D eigenvalue weighted by Crippen LogP contribution is 2.35. The van der Waals surface area contributed by atoms with Gasteiger partial charge in [-0.1, -0.05) is 36.6 Å². The van der Waals surface area contributed by atoms with Crippen LogP contribution in [0.1, 0.15) is 49.5 Å². The molecule has 1 fully saturated rings. The van der Waals surface area contributed by atoms with Gasteiger partial charge in [-0.15, -0.1) is 5.10 Å². The van der Waals surface area contributed by atoms with Crippen molar-refractivity contribution < 1.29 is 23.5 Å². The van der Waals surface area contributed by atoms with Crippen molar-refractivity contribution in [1.82, 2.24) is 25.2 Å². The summed E-state index contributed by atoms with van der Waals surface area (Å²) in [5.41, 5.74) is 1.93. The molecule has 10 nitrogen and oxygen atoms in total. The molecule has 0 spiro atoms. The molecule has 4 aromatic rings. The molecule has 10 heteroatoms. The first-order valence-electron chi connectivity index (χ1n) is 13.2. The van der Waals surface area contributed by atoms with Gasteiger partial charge in [0, 0.05) is 11.6 Å². The number of methoxy groups -OCH3 is 2. The zero-order chi connectivity index (χ0) is 27.2. The lowest BCUT2D eigenvalue weighted by atomic mass is 9.94. The van der Waals surface area contributed by atoms with Gasteiger partial charge in [-0.25, -0.2) is 4.68 Å². The Kier molecular flexibility index (Phi) is 8.10. The first-order chi connectivity index (χ1) is 19.1. The molecule has 5 rings (SSSR count). The van der Waals surface area contributed by atoms with Gasteiger partial charge in [-0.2, -0.15) is 0 Å². The van der Waals surface area contributed by atoms with Crippen LogP contribution in [0.25, 0.3) is 11.0 Å². The van der Waals surface area contributed by atoms with Gasteiger partial charge < -0.3 is 24.1 Å². The molecular weight excluding hydrogens is 498 g/mol. The molecule has 2 aromatic carbocycles. The van der Waals surface area contributed by atoms with Crippen LogP contribution in [0.3, 0.4) is 0 Å². The van der Waals surface area contributed by atoms with Crippen molar-refractivity contribution in [2.24, 2.45) is 0 Å². The van der Waals surface area contributed by atoms with Gasteiger partial charge >= 0.3 is 0 Å². The Bertz CT molecular complexity index is 1410. The van der Waals surface area contributed by atoms with Crippen molar-refractivity contribution >= 4 is 22.8 Å². The molecule has 0 aliphatic heterocycles. The Morgan fingerprint density at radius 2 is 1.90 bits per heavy atom. The maximum absolute atomic E-state index is 14.1. The van der Waals surface area contributed by atoms with Crippen LogP contribution in [0.15, 0.2) is 65.3 Å². The van der Waals surface area contributed by atoms with E-state index in [4.69, 9.17) is 13.9 Å². The lowest BCUT2D eigenvalue weighted by molar-refractivity contribution is -0.143. The molecular formula is C29H33N5O5. The van der Waals surface area contributed by atoms with E-state index in [1.54, 1.807) is 55.5 Å². The van der Waals surface area contributed by atoms with Gasteiger partial charge in [0.2, 0.25) is 11.8 Å². The summed E-state index contributed by atoms with van der Waals surface area (Å²) < 4.78 is 18.3. The minimum Gasteiger partial charge on any atom is -0.497 e. The molecule has 1 aliphatic carbocycles. The van der Waals surface area contributed by atoms with Crippen LogP contribution in [0.2, 0.25) is 0 Å². The van der Waals surface area contributed by atoms with Gasteiger partial charge in [0.25, 0.3) is 0 Å². The highest BCUT2D eigenvalue weighted by molar-refractivity contribution is 5.90. The minimum atomic E-state index is -1.01. The van der Waals surface area contributed by atoms with E-state index in [1.165, 1.54) is 4.90 Å². The minimum absolute atomic E-state index is 0.0465. The highest BCUT2D eigenvalue weighted by atomic mass is 16.5. The van der Waals surface area contributed by atoms with Crippen molar-refractivity contribution in [3.8, 4) is 11.5 Å². The topological polar surface area (TPSA) is 112 Å². The summed E-state index contributed by atoms with van der Waals surface area (Å²) in [4.78, 5) is 29.7. The third-order valence-corrected chi connectivity index (χ3v) is 7.17. The summed E-state index contributed by atoms with van der Waals surface area (Å²) in [5, 5.41) is 11.6. The van der Waals surface area contributed by atoms with Crippen LogP contribution in [-0.4, -0.2) is 52.0 Å². The number of carbonyl (C=O) groups excluding carboxylic acids is 2. The van der Waals surface area contributed by atoms with Crippen molar-refractivity contribution in [3.63, 3.8) is 0 Å². The summed E-state index contributed by atoms with van der Waals surface area (Å²) in [6.07, 6.45) is 6.65. The molecule has 2 heterocycles. The molecule has 0 saturated heterocycles. The second kappa shape index (κ2) is 12.0. The summed E-state index contributed by atoms with van der Waals surface area (Å²) in [5.74, 6) is 0.966. The van der Waals surface area contributed by atoms with Crippen molar-refractivity contribution in [1.29, 1.82) is 0 Å². The van der Waals surface area contributed by atoms with E-state index in [2.05, 4.69) is 15.6 Å². The first-order valence-corrected chi connectivity index (χ1v) is 13.2. The van der Waals surface area contributed by atoms with Crippen LogP contribution < -0.4 is 14.8 Å². The third-order valence-electron chi connectivity index (χ3n) is 7.17. The molecule has 0 radical (unpaired) electrons. The quantitative estimate of drug-likeness (QED) is 0.325. The smallest absolute Gasteiger partial charge is 0.247 e. The summed E-state index contributed by atoms with van der Waals surface area (Å²) in [7, 11) is 3.10. The van der Waals surface area contributed by atoms with Gasteiger partial charge in [0.05, 0.1) is 32.5 Å². The van der Waals surface area contributed by atoms with Crippen LogP contribution >= 0.6 is 0 Å². The molecule has 39 heavy (non-hydrogen) atoms. The van der Waals surface area contributed by atoms with E-state index < -0.39 is 6.04 Å². The van der Waals surface area contributed by atoms with E-state index in [-0.39, 0.29) is 30.9 Å². The zero-order valence-electron chi connectivity index (χ0n) is 22.2. The Morgan fingerprint density at radius 1 is 1.08 bits per heavy atom. The van der Waals surface area contributed by atoms with E-state index in [0.717, 1.165) is 37.6 Å². The molecule has 2 aromatic heterocycles. The molecule has 1 saturated carbocycles. The number of amides is 2. The fraction of sp³-hybridized carbons (Fsp3) is 0.379. The Morgan fingerprint density at radius 3 is 2.64 bits per heavy atom. The highest BCUT2D eigenvalue weighted by Gasteiger charge is 2.36. The predicted molar refractivity (Wildman–Crippen MR) is 144 cm³/mol. The average Bonchev–Trinajstić information content (AvgIpc) is 3.63. The number of carbonyl (C=O) groups is 2. The average molecular weight is 532 g/mol. The first kappa shape index (κ1) is 26.3. The molecule has 1 atom stereocenters. The predicted octanol–water partition coefficient (Wildman–Crippen LogP) is 4.26. The Balaban J connectivity index is 1.56. The zero-order valence-corrected chi connectivity index (χ0v) is 22.2. The number of hydrogen-bond donors (Lipinski definition) is 1. The summed E-state index contributed by atoms with van der Waals surface area (Å²) in [6.45, 7) is -0.0394. The maximum atomic E-state index is 14.1. The largest absolute Gasteiger partial charge is 0.497 e. The Hall–Kier alpha value is -4.34. The van der Waals surface area contributed by atoms with E-state index in [9.17, 15) is 9.59 Å². The van der Waals surface area contributed by atoms with Gasteiger partial charge in [-0.3, -0.25) is 9.59 Å². The van der Waals surface area contributed by atoms with Crippen LogP contribution in [-0.2, 0) is 22.7 Å². The Labute approximate surface area is 226 Å². The van der Waals surface area contributed by atoms with E-state index >= 15 is 0 Å². The molecule has 204 valence electrons. The number of para-hydroxylation sites is 1. The van der Waals surface area contributed by atoms with Gasteiger partial charge in [0.1, 0.15) is 35.4 Å². The van der Waals surface area contributed by atoms with E-state index in [0.29, 0.717) is 28.3 Å². The molecule has 1 N–H and O–H groups in total. The molecule has 2 amide bonds. The second-order valence-corrected chi connectivity index (χ2v) is 9.69. The number of rotatable bonds is 10. The monoisotopic (exact) mass is 531 g/mol. The number of fused-ring (bicyclic) bond motifs is 1. The second-order valence-electron chi connectivity index (χ2n) is 9.69. The van der Waals surface area contributed by atoms with Crippen molar-refractivity contribution in [2.75, 3.05) is 14.2 Å². The van der Waals surface area contributed by atoms with Gasteiger partial charge in [0.15, 0.2) is 0 Å². The van der Waals surface area contributed by atoms with Crippen molar-refractivity contribution in [2.45, 2.75) is 57.3 Å². The summed E-state index contributed by atoms with van der Waals surface area (Å²) >= 11 is 0. The number of hydrogen-bond acceptors (Lipinski definition) is 7. The number of nitrogens with zero attached hydrogens (tertiary/aromatic N) is 4. The number of furan rings is 1. The maximum Gasteiger partial charge on any atom is 0.247 e. The van der Waals surface area contributed by atoms with Gasteiger partial charge in [-0.05, 0) is 55.3 Å². The van der Waals surface area contributed by atoms with Crippen molar-refractivity contribution in [3.05, 3.63) is 72.2 Å². The van der Waals surface area contributed by atoms with Crippen LogP contribution in [0.4, 0.5) is 0 Å². The fourth-order valence-corrected chi connectivity index (χ4v) is 5.18. The number of ether oxygens (including phenoxy) is 2. The molecule has 1 aliphatic rings. The lowest BCUT2D eigenvalue weighted by Crippen LogP contribution is -2.47. The lowest BCUT2D eigenvalue weighted by Gasteiger charge is -2.33. The standard InChI is InChI=1S/C29H33N5O5/c1-37-21-14-15-26(38-2)23(17-21)28(29(36)30-20-9-4-3-5-10-20)33(18-22-11-8-16-39-22)27(35)19-34-25-13-7-6-12-24(25)31-32-34/h6-8,11-17,20,28H,3-5,9-10,18-19H2,1-2H3,(H,30,36)/t28-/m0/s1. The third kappa shape index (κ3) is 5.89. The number of benzene rings is 2. The molecule has 0 unspecified atom stereocenters. The van der Waals surface area contributed by atoms with Crippen LogP contribution in [0.5, 0.6) is 11.5 Å². The van der Waals surface area contributed by atoms with E-state index in [1.807, 2.05) is 24.3 Å². The SMILES string of the molecule is COc1ccc(OC)c([C@@H](C(=O)NC2CCCCC2)N(Cc2ccco2)C(=O)Cn2nnc3ccccc32)c1. The number of aromatic nitrogens is 3.